The molecule has 2 aromatic heterocycles. The normalized spacial score (nSPS) is 11.4. The van der Waals surface area contributed by atoms with Crippen molar-refractivity contribution in [3.05, 3.63) is 115 Å². The summed E-state index contributed by atoms with van der Waals surface area (Å²) in [6.07, 6.45) is 0. The van der Waals surface area contributed by atoms with E-state index in [2.05, 4.69) is 109 Å². The van der Waals surface area contributed by atoms with Crippen LogP contribution in [0.4, 0.5) is 0 Å². The molecule has 6 rings (SSSR count). The van der Waals surface area contributed by atoms with Gasteiger partial charge in [-0.2, -0.15) is 0 Å². The fourth-order valence-electron chi connectivity index (χ4n) is 3.82. The Bertz CT molecular complexity index is 1410. The zero-order valence-corrected chi connectivity index (χ0v) is 20.4. The van der Waals surface area contributed by atoms with Crippen molar-refractivity contribution in [1.82, 2.24) is 0 Å². The smallest absolute Gasteiger partial charge is 0.0876 e. The standard InChI is InChI=1S/C28H18IS2/c1-3-7-21-17-23(11-9-19(21)5-1)25-13-15-27(30-25)29-28-16-14-26(31-28)24-12-10-20-6-2-4-8-22(20)18-24/h1-18H/q+1. The van der Waals surface area contributed by atoms with Gasteiger partial charge in [-0.15, -0.1) is 0 Å². The summed E-state index contributed by atoms with van der Waals surface area (Å²) in [5.41, 5.74) is 2.64. The largest absolute Gasteiger partial charge is 0.381 e. The Balaban J connectivity index is 1.24. The fourth-order valence-corrected chi connectivity index (χ4v) is 10.1. The molecule has 0 atom stereocenters. The van der Waals surface area contributed by atoms with Crippen LogP contribution in [0, 0.1) is 5.77 Å². The van der Waals surface area contributed by atoms with Gasteiger partial charge in [0, 0.05) is 21.9 Å². The van der Waals surface area contributed by atoms with Crippen molar-refractivity contribution in [3.8, 4) is 20.9 Å². The summed E-state index contributed by atoms with van der Waals surface area (Å²) in [5, 5.41) is 5.22. The first-order chi connectivity index (χ1) is 15.3. The Labute approximate surface area is 200 Å². The maximum absolute atomic E-state index is 2.33. The van der Waals surface area contributed by atoms with Gasteiger partial charge in [-0.1, -0.05) is 95.5 Å². The average molecular weight is 545 g/mol. The third-order valence-corrected chi connectivity index (χ3v) is 11.4. The molecule has 6 aromatic rings. The van der Waals surface area contributed by atoms with E-state index in [4.69, 9.17) is 0 Å². The molecule has 0 unspecified atom stereocenters. The topological polar surface area (TPSA) is 0 Å². The molecule has 2 heterocycles. The quantitative estimate of drug-likeness (QED) is 0.254. The van der Waals surface area contributed by atoms with Gasteiger partial charge in [0.1, 0.15) is 0 Å². The van der Waals surface area contributed by atoms with Crippen molar-refractivity contribution < 1.29 is 21.2 Å². The maximum atomic E-state index is 2.33. The zero-order valence-electron chi connectivity index (χ0n) is 16.6. The van der Waals surface area contributed by atoms with Crippen LogP contribution in [0.15, 0.2) is 109 Å². The lowest BCUT2D eigenvalue weighted by Crippen LogP contribution is -3.61. The van der Waals surface area contributed by atoms with Gasteiger partial charge >= 0.3 is 21.2 Å². The van der Waals surface area contributed by atoms with Gasteiger partial charge in [-0.05, 0) is 56.9 Å². The van der Waals surface area contributed by atoms with Crippen molar-refractivity contribution >= 4 is 44.2 Å². The van der Waals surface area contributed by atoms with Gasteiger partial charge in [-0.25, -0.2) is 0 Å². The molecule has 0 fully saturated rings. The highest BCUT2D eigenvalue weighted by Crippen LogP contribution is 2.29. The maximum Gasteiger partial charge on any atom is 0.381 e. The number of halogens is 1. The van der Waals surface area contributed by atoms with Crippen LogP contribution in [0.5, 0.6) is 0 Å². The van der Waals surface area contributed by atoms with Crippen molar-refractivity contribution in [3.63, 3.8) is 0 Å². The van der Waals surface area contributed by atoms with E-state index in [9.17, 15) is 0 Å². The van der Waals surface area contributed by atoms with E-state index < -0.39 is 0 Å². The number of fused-ring (bicyclic) bond motifs is 2. The molecule has 31 heavy (non-hydrogen) atoms. The third-order valence-electron chi connectivity index (χ3n) is 5.40. The van der Waals surface area contributed by atoms with Crippen LogP contribution in [0.2, 0.25) is 0 Å². The fraction of sp³-hybridized carbons (Fsp3) is 0. The van der Waals surface area contributed by atoms with E-state index >= 15 is 0 Å². The van der Waals surface area contributed by atoms with Crippen LogP contribution in [-0.4, -0.2) is 0 Å². The molecule has 0 aliphatic heterocycles. The van der Waals surface area contributed by atoms with Gasteiger partial charge in [-0.3, -0.25) is 0 Å². The Morgan fingerprint density at radius 1 is 0.419 bits per heavy atom. The van der Waals surface area contributed by atoms with Gasteiger partial charge in [0.05, 0.1) is 0 Å². The molecule has 0 N–H and O–H groups in total. The number of rotatable bonds is 4. The molecule has 0 saturated carbocycles. The van der Waals surface area contributed by atoms with Gasteiger partial charge in [0.15, 0.2) is 0 Å². The van der Waals surface area contributed by atoms with Crippen LogP contribution in [-0.2, 0) is 0 Å². The van der Waals surface area contributed by atoms with E-state index in [-0.39, 0.29) is 21.2 Å². The first-order valence-corrected chi connectivity index (χ1v) is 13.9. The molecular formula is C28H18IS2+. The second-order valence-electron chi connectivity index (χ2n) is 7.43. The number of hydrogen-bond acceptors (Lipinski definition) is 2. The second kappa shape index (κ2) is 8.23. The van der Waals surface area contributed by atoms with Crippen LogP contribution in [0.3, 0.4) is 0 Å². The molecule has 3 heteroatoms. The Morgan fingerprint density at radius 2 is 0.871 bits per heavy atom. The van der Waals surface area contributed by atoms with Gasteiger partial charge < -0.3 is 0 Å². The summed E-state index contributed by atoms with van der Waals surface area (Å²) in [7, 11) is 0. The molecule has 0 spiro atoms. The highest BCUT2D eigenvalue weighted by Gasteiger charge is 2.21. The summed E-state index contributed by atoms with van der Waals surface area (Å²) in [6.45, 7) is 0. The lowest BCUT2D eigenvalue weighted by molar-refractivity contribution is -0.585. The molecule has 0 radical (unpaired) electrons. The van der Waals surface area contributed by atoms with Crippen molar-refractivity contribution in [2.24, 2.45) is 0 Å². The van der Waals surface area contributed by atoms with Crippen LogP contribution < -0.4 is 21.2 Å². The van der Waals surface area contributed by atoms with Crippen molar-refractivity contribution in [2.75, 3.05) is 0 Å². The lowest BCUT2D eigenvalue weighted by atomic mass is 10.1. The highest BCUT2D eigenvalue weighted by molar-refractivity contribution is 7.14. The molecule has 148 valence electrons. The molecule has 4 aromatic carbocycles. The Hall–Kier alpha value is -2.47. The van der Waals surface area contributed by atoms with E-state index in [1.165, 1.54) is 48.2 Å². The van der Waals surface area contributed by atoms with Crippen LogP contribution in [0.1, 0.15) is 0 Å². The minimum atomic E-state index is -0.147. The van der Waals surface area contributed by atoms with E-state index in [1.54, 1.807) is 0 Å². The molecule has 0 nitrogen and oxygen atoms in total. The number of benzene rings is 4. The van der Waals surface area contributed by atoms with Crippen LogP contribution >= 0.6 is 22.7 Å². The van der Waals surface area contributed by atoms with Crippen molar-refractivity contribution in [1.29, 1.82) is 0 Å². The minimum Gasteiger partial charge on any atom is -0.0876 e. The monoisotopic (exact) mass is 545 g/mol. The lowest BCUT2D eigenvalue weighted by Gasteiger charge is -2.00. The summed E-state index contributed by atoms with van der Waals surface area (Å²) in [4.78, 5) is 2.73. The predicted molar refractivity (Wildman–Crippen MR) is 132 cm³/mol. The first-order valence-electron chi connectivity index (χ1n) is 10.1. The molecule has 0 bridgehead atoms. The van der Waals surface area contributed by atoms with Gasteiger partial charge in [0.25, 0.3) is 0 Å². The molecule has 0 aliphatic rings. The molecular weight excluding hydrogens is 527 g/mol. The molecule has 0 saturated heterocycles. The first kappa shape index (κ1) is 19.2. The van der Waals surface area contributed by atoms with E-state index in [0.717, 1.165) is 0 Å². The van der Waals surface area contributed by atoms with E-state index in [1.807, 2.05) is 22.7 Å². The predicted octanol–water partition coefficient (Wildman–Crippen LogP) is 5.58. The van der Waals surface area contributed by atoms with Crippen LogP contribution in [0.25, 0.3) is 42.4 Å². The highest BCUT2D eigenvalue weighted by atomic mass is 127. The minimum absolute atomic E-state index is 0.147. The van der Waals surface area contributed by atoms with E-state index in [0.29, 0.717) is 0 Å². The number of thiophene rings is 2. The summed E-state index contributed by atoms with van der Waals surface area (Å²) >= 11 is 3.76. The molecule has 0 amide bonds. The Morgan fingerprint density at radius 3 is 1.35 bits per heavy atom. The SMILES string of the molecule is c1ccc2cc(-c3ccc([I+]c4ccc(-c5ccc6ccccc6c5)s4)s3)ccc2c1. The zero-order chi connectivity index (χ0) is 20.6. The Kier molecular flexibility index (Phi) is 5.10. The number of hydrogen-bond donors (Lipinski definition) is 0. The second-order valence-corrected chi connectivity index (χ2v) is 13.9. The summed E-state index contributed by atoms with van der Waals surface area (Å²) < 4.78 is 3.04. The average Bonchev–Trinajstić information content (AvgIpc) is 3.49. The summed E-state index contributed by atoms with van der Waals surface area (Å²) in [6, 6.07) is 40.0. The van der Waals surface area contributed by atoms with Crippen molar-refractivity contribution in [2.45, 2.75) is 0 Å². The summed E-state index contributed by atoms with van der Waals surface area (Å²) in [5.74, 6) is 0. The van der Waals surface area contributed by atoms with Gasteiger partial charge in [0.2, 0.25) is 5.77 Å². The third kappa shape index (κ3) is 3.93. The molecule has 0 aliphatic carbocycles.